The van der Waals surface area contributed by atoms with Gasteiger partial charge in [0.05, 0.1) is 11.3 Å². The van der Waals surface area contributed by atoms with E-state index in [1.54, 1.807) is 0 Å². The van der Waals surface area contributed by atoms with Crippen LogP contribution in [-0.2, 0) is 4.79 Å². The molecule has 0 aliphatic carbocycles. The number of amides is 2. The summed E-state index contributed by atoms with van der Waals surface area (Å²) in [5, 5.41) is 6.62. The van der Waals surface area contributed by atoms with Crippen molar-refractivity contribution in [3.63, 3.8) is 0 Å². The van der Waals surface area contributed by atoms with Crippen molar-refractivity contribution in [1.29, 1.82) is 0 Å². The summed E-state index contributed by atoms with van der Waals surface area (Å²) in [4.78, 5) is 27.1. The molecule has 26 heavy (non-hydrogen) atoms. The number of nitrogens with one attached hydrogen (secondary N) is 2. The molecule has 0 aromatic heterocycles. The summed E-state index contributed by atoms with van der Waals surface area (Å²) in [7, 11) is 0. The monoisotopic (exact) mass is 377 g/mol. The van der Waals surface area contributed by atoms with Crippen LogP contribution >= 0.6 is 12.4 Å². The van der Waals surface area contributed by atoms with Gasteiger partial charge in [-0.05, 0) is 56.6 Å². The maximum atomic E-state index is 12.7. The van der Waals surface area contributed by atoms with Crippen LogP contribution in [0.4, 0.5) is 5.69 Å². The van der Waals surface area contributed by atoms with E-state index < -0.39 is 0 Å². The standard InChI is InChI=1S/C20H27N3O2.ClH/c24-19(13-14-11-15-7-8-16(12-14)21-15)22-18-6-2-1-5-17(18)20(25)23-9-3-4-10-23;/h1-2,5-6,14-16,21H,3-4,7-13H2,(H,22,24);1H. The number of hydrogen-bond acceptors (Lipinski definition) is 3. The molecule has 2 unspecified atom stereocenters. The smallest absolute Gasteiger partial charge is 0.255 e. The molecule has 3 heterocycles. The normalized spacial score (nSPS) is 27.1. The highest BCUT2D eigenvalue weighted by Gasteiger charge is 2.34. The highest BCUT2D eigenvalue weighted by molar-refractivity contribution is 6.03. The van der Waals surface area contributed by atoms with Gasteiger partial charge in [-0.25, -0.2) is 0 Å². The van der Waals surface area contributed by atoms with Gasteiger partial charge < -0.3 is 15.5 Å². The molecule has 2 amide bonds. The number of anilines is 1. The number of nitrogens with zero attached hydrogens (tertiary/aromatic N) is 1. The Labute approximate surface area is 161 Å². The Bertz CT molecular complexity index is 648. The van der Waals surface area contributed by atoms with E-state index >= 15 is 0 Å². The topological polar surface area (TPSA) is 61.4 Å². The molecule has 4 rings (SSSR count). The zero-order valence-electron chi connectivity index (χ0n) is 15.1. The van der Waals surface area contributed by atoms with Gasteiger partial charge in [0.25, 0.3) is 5.91 Å². The molecule has 1 aromatic carbocycles. The predicted octanol–water partition coefficient (Wildman–Crippen LogP) is 3.20. The first-order valence-corrected chi connectivity index (χ1v) is 9.63. The maximum Gasteiger partial charge on any atom is 0.255 e. The Morgan fingerprint density at radius 2 is 1.73 bits per heavy atom. The van der Waals surface area contributed by atoms with Crippen LogP contribution in [-0.4, -0.2) is 41.9 Å². The molecule has 6 heteroatoms. The fraction of sp³-hybridized carbons (Fsp3) is 0.600. The number of rotatable bonds is 4. The Morgan fingerprint density at radius 3 is 2.42 bits per heavy atom. The quantitative estimate of drug-likeness (QED) is 0.847. The van der Waals surface area contributed by atoms with E-state index in [0.717, 1.165) is 38.8 Å². The van der Waals surface area contributed by atoms with Crippen LogP contribution in [0.2, 0.25) is 0 Å². The molecule has 3 saturated heterocycles. The number of para-hydroxylation sites is 1. The molecule has 0 spiro atoms. The largest absolute Gasteiger partial charge is 0.339 e. The number of likely N-dealkylation sites (tertiary alicyclic amines) is 1. The second-order valence-electron chi connectivity index (χ2n) is 7.77. The van der Waals surface area contributed by atoms with Gasteiger partial charge in [0, 0.05) is 31.6 Å². The minimum Gasteiger partial charge on any atom is -0.339 e. The molecular formula is C20H28ClN3O2. The van der Waals surface area contributed by atoms with E-state index in [9.17, 15) is 9.59 Å². The highest BCUT2D eigenvalue weighted by atomic mass is 35.5. The van der Waals surface area contributed by atoms with Crippen molar-refractivity contribution < 1.29 is 9.59 Å². The van der Waals surface area contributed by atoms with E-state index in [-0.39, 0.29) is 24.2 Å². The lowest BCUT2D eigenvalue weighted by Gasteiger charge is -2.28. The van der Waals surface area contributed by atoms with E-state index in [4.69, 9.17) is 0 Å². The number of carbonyl (C=O) groups is 2. The van der Waals surface area contributed by atoms with Crippen molar-refractivity contribution in [2.24, 2.45) is 5.92 Å². The van der Waals surface area contributed by atoms with Crippen LogP contribution in [0.5, 0.6) is 0 Å². The van der Waals surface area contributed by atoms with Gasteiger partial charge in [-0.1, -0.05) is 12.1 Å². The molecule has 3 aliphatic rings. The third kappa shape index (κ3) is 4.21. The SMILES string of the molecule is Cl.O=C(CC1CC2CCC(C1)N2)Nc1ccccc1C(=O)N1CCCC1. The molecule has 5 nitrogen and oxygen atoms in total. The average molecular weight is 378 g/mol. The van der Waals surface area contributed by atoms with Gasteiger partial charge in [-0.15, -0.1) is 12.4 Å². The first kappa shape index (κ1) is 19.2. The molecule has 0 saturated carbocycles. The number of carbonyl (C=O) groups excluding carboxylic acids is 2. The van der Waals surface area contributed by atoms with Gasteiger partial charge in [0.15, 0.2) is 0 Å². The Hall–Kier alpha value is -1.59. The van der Waals surface area contributed by atoms with Crippen LogP contribution in [0.3, 0.4) is 0 Å². The maximum absolute atomic E-state index is 12.7. The molecule has 2 atom stereocenters. The number of benzene rings is 1. The molecule has 3 fully saturated rings. The average Bonchev–Trinajstić information content (AvgIpc) is 3.24. The van der Waals surface area contributed by atoms with Crippen LogP contribution in [0.1, 0.15) is 55.3 Å². The Morgan fingerprint density at radius 1 is 1.08 bits per heavy atom. The molecule has 142 valence electrons. The molecule has 2 bridgehead atoms. The molecule has 3 aliphatic heterocycles. The van der Waals surface area contributed by atoms with E-state index in [0.29, 0.717) is 35.7 Å². The first-order chi connectivity index (χ1) is 12.2. The Balaban J connectivity index is 0.00000196. The van der Waals surface area contributed by atoms with Crippen molar-refractivity contribution in [2.75, 3.05) is 18.4 Å². The number of halogens is 1. The van der Waals surface area contributed by atoms with Gasteiger partial charge in [-0.3, -0.25) is 9.59 Å². The van der Waals surface area contributed by atoms with Crippen molar-refractivity contribution >= 4 is 29.9 Å². The van der Waals surface area contributed by atoms with Crippen LogP contribution in [0, 0.1) is 5.92 Å². The lowest BCUT2D eigenvalue weighted by molar-refractivity contribution is -0.117. The Kier molecular flexibility index (Phi) is 6.20. The summed E-state index contributed by atoms with van der Waals surface area (Å²) >= 11 is 0. The third-order valence-electron chi connectivity index (χ3n) is 5.87. The summed E-state index contributed by atoms with van der Waals surface area (Å²) in [6.07, 6.45) is 7.38. The second-order valence-corrected chi connectivity index (χ2v) is 7.77. The van der Waals surface area contributed by atoms with Gasteiger partial charge >= 0.3 is 0 Å². The van der Waals surface area contributed by atoms with Crippen molar-refractivity contribution in [2.45, 2.75) is 57.0 Å². The number of fused-ring (bicyclic) bond motifs is 2. The van der Waals surface area contributed by atoms with Crippen LogP contribution in [0.15, 0.2) is 24.3 Å². The van der Waals surface area contributed by atoms with Gasteiger partial charge in [0.2, 0.25) is 5.91 Å². The van der Waals surface area contributed by atoms with E-state index in [2.05, 4.69) is 10.6 Å². The molecule has 0 radical (unpaired) electrons. The fourth-order valence-corrected chi connectivity index (χ4v) is 4.67. The van der Waals surface area contributed by atoms with Gasteiger partial charge in [-0.2, -0.15) is 0 Å². The lowest BCUT2D eigenvalue weighted by Crippen LogP contribution is -2.39. The zero-order valence-corrected chi connectivity index (χ0v) is 15.9. The van der Waals surface area contributed by atoms with Crippen LogP contribution in [0.25, 0.3) is 0 Å². The lowest BCUT2D eigenvalue weighted by atomic mass is 9.89. The molecular weight excluding hydrogens is 350 g/mol. The minimum atomic E-state index is 0. The van der Waals surface area contributed by atoms with Crippen molar-refractivity contribution in [3.8, 4) is 0 Å². The third-order valence-corrected chi connectivity index (χ3v) is 5.87. The summed E-state index contributed by atoms with van der Waals surface area (Å²) < 4.78 is 0. The second kappa shape index (κ2) is 8.40. The summed E-state index contributed by atoms with van der Waals surface area (Å²) in [5.41, 5.74) is 1.27. The first-order valence-electron chi connectivity index (χ1n) is 9.63. The number of piperidine rings is 1. The predicted molar refractivity (Wildman–Crippen MR) is 105 cm³/mol. The molecule has 1 aromatic rings. The van der Waals surface area contributed by atoms with Crippen molar-refractivity contribution in [1.82, 2.24) is 10.2 Å². The highest BCUT2D eigenvalue weighted by Crippen LogP contribution is 2.33. The molecule has 2 N–H and O–H groups in total. The summed E-state index contributed by atoms with van der Waals surface area (Å²) in [6, 6.07) is 8.60. The summed E-state index contributed by atoms with van der Waals surface area (Å²) in [6.45, 7) is 1.64. The van der Waals surface area contributed by atoms with Gasteiger partial charge in [0.1, 0.15) is 0 Å². The van der Waals surface area contributed by atoms with E-state index in [1.807, 2.05) is 29.2 Å². The van der Waals surface area contributed by atoms with Crippen molar-refractivity contribution in [3.05, 3.63) is 29.8 Å². The van der Waals surface area contributed by atoms with Crippen LogP contribution < -0.4 is 10.6 Å². The number of hydrogen-bond donors (Lipinski definition) is 2. The van der Waals surface area contributed by atoms with E-state index in [1.165, 1.54) is 12.8 Å². The fourth-order valence-electron chi connectivity index (χ4n) is 4.67. The minimum absolute atomic E-state index is 0. The summed E-state index contributed by atoms with van der Waals surface area (Å²) in [5.74, 6) is 0.529. The zero-order chi connectivity index (χ0) is 17.2.